The van der Waals surface area contributed by atoms with Crippen molar-refractivity contribution >= 4 is 28.7 Å². The molecule has 0 amide bonds. The molecule has 0 saturated carbocycles. The van der Waals surface area contributed by atoms with Crippen molar-refractivity contribution in [3.63, 3.8) is 0 Å². The lowest BCUT2D eigenvalue weighted by Gasteiger charge is -2.38. The Hall–Kier alpha value is -2.61. The predicted molar refractivity (Wildman–Crippen MR) is 105 cm³/mol. The Morgan fingerprint density at radius 3 is 2.50 bits per heavy atom. The number of anilines is 1. The van der Waals surface area contributed by atoms with Gasteiger partial charge in [0.2, 0.25) is 0 Å². The van der Waals surface area contributed by atoms with E-state index in [0.29, 0.717) is 10.6 Å². The summed E-state index contributed by atoms with van der Waals surface area (Å²) in [6.45, 7) is 0. The van der Waals surface area contributed by atoms with E-state index in [1.807, 2.05) is 45.4 Å². The van der Waals surface area contributed by atoms with Gasteiger partial charge in [0.25, 0.3) is 5.69 Å². The molecule has 0 aromatic heterocycles. The van der Waals surface area contributed by atoms with Gasteiger partial charge in [-0.1, -0.05) is 29.8 Å². The van der Waals surface area contributed by atoms with E-state index >= 15 is 0 Å². The first kappa shape index (κ1) is 18.2. The number of nitro groups is 1. The highest BCUT2D eigenvalue weighted by Gasteiger charge is 2.31. The van der Waals surface area contributed by atoms with E-state index in [1.54, 1.807) is 6.07 Å². The molecule has 1 aliphatic rings. The van der Waals surface area contributed by atoms with Crippen LogP contribution in [0.3, 0.4) is 0 Å². The number of likely N-dealkylation sites (N-methyl/N-ethyl adjacent to an activating group) is 2. The van der Waals surface area contributed by atoms with Gasteiger partial charge in [0.1, 0.15) is 0 Å². The Morgan fingerprint density at radius 1 is 1.15 bits per heavy atom. The molecule has 0 saturated heterocycles. The Bertz CT molecular complexity index is 893. The predicted octanol–water partition coefficient (Wildman–Crippen LogP) is 2.99. The van der Waals surface area contributed by atoms with Crippen LogP contribution in [0.25, 0.3) is 16.8 Å². The molecule has 0 unspecified atom stereocenters. The first-order valence-electron chi connectivity index (χ1n) is 8.09. The Morgan fingerprint density at radius 2 is 1.88 bits per heavy atom. The standard InChI is InChI=1S/C18H20ClN5O2/c1-20-15-10-18(21-2,22-3)23-14-8-7-13(17(19)16(14)15)11-5-4-6-12(9-11)24(25)26/h4-10,20-23H,1-3H3. The van der Waals surface area contributed by atoms with Gasteiger partial charge in [-0.15, -0.1) is 0 Å². The molecule has 2 aromatic carbocycles. The van der Waals surface area contributed by atoms with Crippen molar-refractivity contribution in [2.45, 2.75) is 5.79 Å². The molecule has 7 nitrogen and oxygen atoms in total. The maximum Gasteiger partial charge on any atom is 0.270 e. The lowest BCUT2D eigenvalue weighted by atomic mass is 9.96. The third kappa shape index (κ3) is 3.01. The van der Waals surface area contributed by atoms with Crippen LogP contribution in [0.1, 0.15) is 5.56 Å². The summed E-state index contributed by atoms with van der Waals surface area (Å²) in [6.07, 6.45) is 1.97. The van der Waals surface area contributed by atoms with Crippen LogP contribution in [0.2, 0.25) is 5.02 Å². The number of hydrogen-bond acceptors (Lipinski definition) is 6. The van der Waals surface area contributed by atoms with Crippen LogP contribution in [0.5, 0.6) is 0 Å². The van der Waals surface area contributed by atoms with E-state index in [2.05, 4.69) is 21.3 Å². The fourth-order valence-electron chi connectivity index (χ4n) is 3.08. The zero-order chi connectivity index (χ0) is 18.9. The quantitative estimate of drug-likeness (QED) is 0.366. The summed E-state index contributed by atoms with van der Waals surface area (Å²) in [7, 11) is 5.52. The van der Waals surface area contributed by atoms with Crippen molar-refractivity contribution in [1.29, 1.82) is 0 Å². The maximum absolute atomic E-state index is 11.1. The molecule has 8 heteroatoms. The number of benzene rings is 2. The van der Waals surface area contributed by atoms with Crippen LogP contribution in [0.15, 0.2) is 42.5 Å². The number of non-ortho nitro benzene ring substituents is 1. The Balaban J connectivity index is 2.16. The van der Waals surface area contributed by atoms with Crippen molar-refractivity contribution in [2.24, 2.45) is 0 Å². The number of halogens is 1. The minimum Gasteiger partial charge on any atom is -0.388 e. The molecule has 0 fully saturated rings. The average molecular weight is 374 g/mol. The van der Waals surface area contributed by atoms with Crippen LogP contribution >= 0.6 is 11.6 Å². The molecule has 3 rings (SSSR count). The molecule has 0 radical (unpaired) electrons. The van der Waals surface area contributed by atoms with Crippen LogP contribution < -0.4 is 21.3 Å². The van der Waals surface area contributed by atoms with Gasteiger partial charge in [0, 0.05) is 41.7 Å². The summed E-state index contributed by atoms with van der Waals surface area (Å²) in [5.41, 5.74) is 3.97. The molecule has 4 N–H and O–H groups in total. The third-order valence-corrected chi connectivity index (χ3v) is 4.92. The van der Waals surface area contributed by atoms with Crippen LogP contribution in [-0.4, -0.2) is 31.9 Å². The fraction of sp³-hybridized carbons (Fsp3) is 0.222. The molecule has 1 aliphatic heterocycles. The van der Waals surface area contributed by atoms with Gasteiger partial charge >= 0.3 is 0 Å². The zero-order valence-electron chi connectivity index (χ0n) is 14.7. The van der Waals surface area contributed by atoms with Gasteiger partial charge < -0.3 is 10.6 Å². The second kappa shape index (κ2) is 6.95. The number of hydrogen-bond donors (Lipinski definition) is 4. The summed E-state index contributed by atoms with van der Waals surface area (Å²) >= 11 is 6.71. The molecule has 136 valence electrons. The van der Waals surface area contributed by atoms with Gasteiger partial charge in [-0.3, -0.25) is 20.7 Å². The highest BCUT2D eigenvalue weighted by Crippen LogP contribution is 2.41. The molecular formula is C18H20ClN5O2. The topological polar surface area (TPSA) is 91.3 Å². The van der Waals surface area contributed by atoms with Gasteiger partial charge in [0.05, 0.1) is 9.95 Å². The van der Waals surface area contributed by atoms with Gasteiger partial charge in [0.15, 0.2) is 5.79 Å². The summed E-state index contributed by atoms with van der Waals surface area (Å²) in [5.74, 6) is -0.609. The largest absolute Gasteiger partial charge is 0.388 e. The van der Waals surface area contributed by atoms with Crippen LogP contribution in [0, 0.1) is 10.1 Å². The van der Waals surface area contributed by atoms with Crippen molar-refractivity contribution in [3.05, 3.63) is 63.2 Å². The van der Waals surface area contributed by atoms with E-state index in [4.69, 9.17) is 11.6 Å². The molecule has 0 aliphatic carbocycles. The second-order valence-electron chi connectivity index (χ2n) is 5.90. The van der Waals surface area contributed by atoms with Crippen LogP contribution in [0.4, 0.5) is 11.4 Å². The molecule has 0 atom stereocenters. The van der Waals surface area contributed by atoms with Crippen LogP contribution in [-0.2, 0) is 0 Å². The van der Waals surface area contributed by atoms with E-state index in [1.165, 1.54) is 12.1 Å². The Kier molecular flexibility index (Phi) is 4.86. The lowest BCUT2D eigenvalue weighted by molar-refractivity contribution is -0.384. The van der Waals surface area contributed by atoms with Crippen molar-refractivity contribution in [3.8, 4) is 11.1 Å². The third-order valence-electron chi connectivity index (χ3n) is 4.53. The molecule has 0 bridgehead atoms. The number of rotatable bonds is 5. The molecule has 26 heavy (non-hydrogen) atoms. The van der Waals surface area contributed by atoms with E-state index in [-0.39, 0.29) is 5.69 Å². The Labute approximate surface area is 156 Å². The van der Waals surface area contributed by atoms with Gasteiger partial charge in [-0.05, 0) is 31.8 Å². The highest BCUT2D eigenvalue weighted by molar-refractivity contribution is 6.35. The van der Waals surface area contributed by atoms with E-state index in [0.717, 1.165) is 22.5 Å². The number of nitrogens with zero attached hydrogens (tertiary/aromatic N) is 1. The SMILES string of the molecule is CNC1=CC(NC)(NC)Nc2ccc(-c3cccc([N+](=O)[O-])c3)c(Cl)c21. The number of nitrogens with one attached hydrogen (secondary N) is 4. The van der Waals surface area contributed by atoms with Gasteiger partial charge in [-0.25, -0.2) is 0 Å². The van der Waals surface area contributed by atoms with Crippen molar-refractivity contribution < 1.29 is 4.92 Å². The minimum atomic E-state index is -0.609. The summed E-state index contributed by atoms with van der Waals surface area (Å²) in [4.78, 5) is 10.7. The van der Waals surface area contributed by atoms with E-state index in [9.17, 15) is 10.1 Å². The molecule has 1 heterocycles. The van der Waals surface area contributed by atoms with E-state index < -0.39 is 10.7 Å². The maximum atomic E-state index is 11.1. The zero-order valence-corrected chi connectivity index (χ0v) is 15.4. The average Bonchev–Trinajstić information content (AvgIpc) is 2.67. The van der Waals surface area contributed by atoms with Crippen molar-refractivity contribution in [1.82, 2.24) is 16.0 Å². The second-order valence-corrected chi connectivity index (χ2v) is 6.28. The minimum absolute atomic E-state index is 0.0307. The molecule has 2 aromatic rings. The van der Waals surface area contributed by atoms with Crippen molar-refractivity contribution in [2.75, 3.05) is 26.5 Å². The number of fused-ring (bicyclic) bond motifs is 1. The fourth-order valence-corrected chi connectivity index (χ4v) is 3.46. The lowest BCUT2D eigenvalue weighted by Crippen LogP contribution is -2.60. The summed E-state index contributed by atoms with van der Waals surface area (Å²) in [5, 5.41) is 24.6. The summed E-state index contributed by atoms with van der Waals surface area (Å²) in [6, 6.07) is 10.2. The molecule has 0 spiro atoms. The highest BCUT2D eigenvalue weighted by atomic mass is 35.5. The monoisotopic (exact) mass is 373 g/mol. The molecular weight excluding hydrogens is 354 g/mol. The smallest absolute Gasteiger partial charge is 0.270 e. The normalized spacial score (nSPS) is 14.8. The first-order chi connectivity index (χ1) is 12.4. The first-order valence-corrected chi connectivity index (χ1v) is 8.47. The van der Waals surface area contributed by atoms with Gasteiger partial charge in [-0.2, -0.15) is 0 Å². The summed E-state index contributed by atoms with van der Waals surface area (Å²) < 4.78 is 0. The number of nitro benzene ring substituents is 1.